The van der Waals surface area contributed by atoms with E-state index in [-0.39, 0.29) is 29.5 Å². The number of hydrogen-bond donors (Lipinski definition) is 3. The summed E-state index contributed by atoms with van der Waals surface area (Å²) in [4.78, 5) is 23.9. The van der Waals surface area contributed by atoms with Gasteiger partial charge in [-0.25, -0.2) is 0 Å². The molecule has 0 unspecified atom stereocenters. The Labute approximate surface area is 187 Å². The van der Waals surface area contributed by atoms with Crippen molar-refractivity contribution < 1.29 is 19.8 Å². The van der Waals surface area contributed by atoms with Crippen molar-refractivity contribution in [1.82, 2.24) is 5.32 Å². The van der Waals surface area contributed by atoms with Gasteiger partial charge in [-0.15, -0.1) is 11.3 Å². The minimum absolute atomic E-state index is 0.0570. The molecule has 0 spiro atoms. The summed E-state index contributed by atoms with van der Waals surface area (Å²) in [5.74, 6) is 0.982. The molecule has 1 aromatic heterocycles. The lowest BCUT2D eigenvalue weighted by Crippen LogP contribution is -2.63. The molecule has 166 valence electrons. The van der Waals surface area contributed by atoms with E-state index >= 15 is 0 Å². The molecule has 3 N–H and O–H groups in total. The largest absolute Gasteiger partial charge is 0.506 e. The molecule has 1 heterocycles. The summed E-state index contributed by atoms with van der Waals surface area (Å²) < 4.78 is 0.751. The molecule has 0 aliphatic heterocycles. The molecule has 3 aliphatic rings. The van der Waals surface area contributed by atoms with Crippen molar-refractivity contribution in [3.8, 4) is 5.75 Å². The first-order chi connectivity index (χ1) is 14.8. The number of allylic oxidation sites excluding steroid dienone is 2. The summed E-state index contributed by atoms with van der Waals surface area (Å²) in [7, 11) is 0. The Bertz CT molecular complexity index is 1010. The number of phenolic OH excluding ortho intramolecular Hbond substituents is 1. The second-order valence-electron chi connectivity index (χ2n) is 9.65. The van der Waals surface area contributed by atoms with Crippen LogP contribution in [-0.4, -0.2) is 28.1 Å². The third-order valence-electron chi connectivity index (χ3n) is 7.56. The van der Waals surface area contributed by atoms with Crippen molar-refractivity contribution in [3.05, 3.63) is 41.3 Å². The summed E-state index contributed by atoms with van der Waals surface area (Å²) in [6.45, 7) is 4.64. The SMILES string of the molecule is CC1(C)[C@@H]2C[C@@H](CC=CCCCC(=O)O)[C@@H](NC(=O)c3csc4c(O)cccc34)[C@H]1C2. The van der Waals surface area contributed by atoms with E-state index < -0.39 is 5.97 Å². The second-order valence-corrected chi connectivity index (χ2v) is 10.5. The predicted molar refractivity (Wildman–Crippen MR) is 123 cm³/mol. The zero-order valence-corrected chi connectivity index (χ0v) is 19.0. The van der Waals surface area contributed by atoms with E-state index in [0.717, 1.165) is 29.3 Å². The Morgan fingerprint density at radius 1 is 1.26 bits per heavy atom. The van der Waals surface area contributed by atoms with Gasteiger partial charge in [0.2, 0.25) is 0 Å². The van der Waals surface area contributed by atoms with Crippen LogP contribution in [-0.2, 0) is 4.79 Å². The normalized spacial score (nSPS) is 26.6. The van der Waals surface area contributed by atoms with Gasteiger partial charge in [0.1, 0.15) is 5.75 Å². The Kier molecular flexibility index (Phi) is 6.11. The Hall–Kier alpha value is -2.34. The van der Waals surface area contributed by atoms with Crippen LogP contribution in [0.5, 0.6) is 5.75 Å². The third-order valence-corrected chi connectivity index (χ3v) is 8.58. The lowest BCUT2D eigenvalue weighted by molar-refractivity contribution is -0.137. The number of carbonyl (C=O) groups excluding carboxylic acids is 1. The number of carboxylic acid groups (broad SMARTS) is 1. The number of benzene rings is 1. The van der Waals surface area contributed by atoms with Crippen molar-refractivity contribution in [1.29, 1.82) is 0 Å². The Balaban J connectivity index is 1.46. The topological polar surface area (TPSA) is 86.6 Å². The third kappa shape index (κ3) is 4.22. The maximum Gasteiger partial charge on any atom is 0.303 e. The molecule has 2 bridgehead atoms. The summed E-state index contributed by atoms with van der Waals surface area (Å²) in [5.41, 5.74) is 0.882. The quantitative estimate of drug-likeness (QED) is 0.368. The number of phenols is 1. The highest BCUT2D eigenvalue weighted by Gasteiger charge is 2.57. The van der Waals surface area contributed by atoms with Crippen LogP contribution in [0.25, 0.3) is 10.1 Å². The van der Waals surface area contributed by atoms with E-state index in [1.807, 2.05) is 11.4 Å². The van der Waals surface area contributed by atoms with Crippen LogP contribution in [0.4, 0.5) is 0 Å². The van der Waals surface area contributed by atoms with E-state index in [1.165, 1.54) is 17.8 Å². The molecule has 3 fully saturated rings. The lowest BCUT2D eigenvalue weighted by atomic mass is 9.44. The van der Waals surface area contributed by atoms with Gasteiger partial charge < -0.3 is 15.5 Å². The highest BCUT2D eigenvalue weighted by Crippen LogP contribution is 2.61. The Morgan fingerprint density at radius 2 is 2.06 bits per heavy atom. The van der Waals surface area contributed by atoms with E-state index in [0.29, 0.717) is 29.7 Å². The summed E-state index contributed by atoms with van der Waals surface area (Å²) in [5, 5.41) is 24.8. The van der Waals surface area contributed by atoms with Gasteiger partial charge in [-0.1, -0.05) is 38.1 Å². The minimum atomic E-state index is -0.750. The summed E-state index contributed by atoms with van der Waals surface area (Å²) >= 11 is 1.40. The number of carboxylic acids is 1. The van der Waals surface area contributed by atoms with Gasteiger partial charge in [-0.05, 0) is 61.3 Å². The maximum atomic E-state index is 13.2. The average molecular weight is 442 g/mol. The van der Waals surface area contributed by atoms with E-state index in [1.54, 1.807) is 12.1 Å². The molecule has 4 atom stereocenters. The number of thiophene rings is 1. The predicted octanol–water partition coefficient (Wildman–Crippen LogP) is 5.59. The van der Waals surface area contributed by atoms with Crippen molar-refractivity contribution >= 4 is 33.3 Å². The fraction of sp³-hybridized carbons (Fsp3) is 0.520. The number of amides is 1. The fourth-order valence-electron chi connectivity index (χ4n) is 5.57. The van der Waals surface area contributed by atoms with Gasteiger partial charge >= 0.3 is 5.97 Å². The molecule has 3 aliphatic carbocycles. The number of rotatable bonds is 8. The zero-order chi connectivity index (χ0) is 22.2. The van der Waals surface area contributed by atoms with E-state index in [2.05, 4.69) is 31.3 Å². The van der Waals surface area contributed by atoms with Crippen LogP contribution in [0.15, 0.2) is 35.7 Å². The summed E-state index contributed by atoms with van der Waals surface area (Å²) in [6, 6.07) is 5.45. The summed E-state index contributed by atoms with van der Waals surface area (Å²) in [6.07, 6.45) is 9.08. The monoisotopic (exact) mass is 441 g/mol. The number of unbranched alkanes of at least 4 members (excludes halogenated alkanes) is 1. The number of nitrogens with one attached hydrogen (secondary N) is 1. The Morgan fingerprint density at radius 3 is 2.81 bits per heavy atom. The van der Waals surface area contributed by atoms with Crippen molar-refractivity contribution in [2.75, 3.05) is 0 Å². The van der Waals surface area contributed by atoms with Crippen molar-refractivity contribution in [3.63, 3.8) is 0 Å². The van der Waals surface area contributed by atoms with Gasteiger partial charge in [0.15, 0.2) is 0 Å². The van der Waals surface area contributed by atoms with Crippen LogP contribution in [0.2, 0.25) is 0 Å². The van der Waals surface area contributed by atoms with Crippen LogP contribution >= 0.6 is 11.3 Å². The number of fused-ring (bicyclic) bond motifs is 3. The minimum Gasteiger partial charge on any atom is -0.506 e. The molecule has 1 amide bonds. The van der Waals surface area contributed by atoms with E-state index in [4.69, 9.17) is 5.11 Å². The van der Waals surface area contributed by atoms with E-state index in [9.17, 15) is 14.7 Å². The number of hydrogen-bond acceptors (Lipinski definition) is 4. The maximum absolute atomic E-state index is 13.2. The van der Waals surface area contributed by atoms with Gasteiger partial charge in [-0.2, -0.15) is 0 Å². The van der Waals surface area contributed by atoms with Gasteiger partial charge in [-0.3, -0.25) is 9.59 Å². The van der Waals surface area contributed by atoms with Crippen molar-refractivity contribution in [2.45, 2.75) is 58.4 Å². The molecule has 5 rings (SSSR count). The van der Waals surface area contributed by atoms with Crippen LogP contribution in [0.3, 0.4) is 0 Å². The number of aliphatic carboxylic acids is 1. The molecule has 5 nitrogen and oxygen atoms in total. The molecular formula is C25H31NO4S. The molecule has 31 heavy (non-hydrogen) atoms. The fourth-order valence-corrected chi connectivity index (χ4v) is 6.54. The number of aromatic hydroxyl groups is 1. The zero-order valence-electron chi connectivity index (χ0n) is 18.1. The highest BCUT2D eigenvalue weighted by atomic mass is 32.1. The van der Waals surface area contributed by atoms with Crippen LogP contribution < -0.4 is 5.32 Å². The van der Waals surface area contributed by atoms with Gasteiger partial charge in [0, 0.05) is 23.2 Å². The van der Waals surface area contributed by atoms with Crippen LogP contribution in [0, 0.1) is 23.2 Å². The highest BCUT2D eigenvalue weighted by molar-refractivity contribution is 7.18. The first-order valence-corrected chi connectivity index (χ1v) is 12.0. The lowest BCUT2D eigenvalue weighted by Gasteiger charge is -2.62. The molecule has 1 aromatic carbocycles. The smallest absolute Gasteiger partial charge is 0.303 e. The standard InChI is InChI=1S/C25H31NO4S/c1-25(2)16-12-15(8-5-3-4-6-11-21(28)29)22(19(25)13-16)26-24(30)18-14-31-23-17(18)9-7-10-20(23)27/h3,5,7,9-10,14-16,19,22,27H,4,6,8,11-13H2,1-2H3,(H,26,30)(H,28,29)/t15-,16-,19-,22-/m1/s1. The van der Waals surface area contributed by atoms with Gasteiger partial charge in [0.25, 0.3) is 5.91 Å². The average Bonchev–Trinajstić information content (AvgIpc) is 3.16. The molecule has 0 saturated heterocycles. The van der Waals surface area contributed by atoms with Crippen molar-refractivity contribution in [2.24, 2.45) is 23.2 Å². The van der Waals surface area contributed by atoms with Crippen LogP contribution in [0.1, 0.15) is 62.7 Å². The first-order valence-electron chi connectivity index (χ1n) is 11.2. The molecular weight excluding hydrogens is 410 g/mol. The second kappa shape index (κ2) is 8.65. The number of carbonyl (C=O) groups is 2. The van der Waals surface area contributed by atoms with Gasteiger partial charge in [0.05, 0.1) is 10.3 Å². The first kappa shape index (κ1) is 21.9. The molecule has 3 saturated carbocycles. The molecule has 2 aromatic rings. The molecule has 0 radical (unpaired) electrons. The molecule has 6 heteroatoms.